The Labute approximate surface area is 117 Å². The highest BCUT2D eigenvalue weighted by molar-refractivity contribution is 5.29. The highest BCUT2D eigenvalue weighted by atomic mass is 15.2. The van der Waals surface area contributed by atoms with Crippen LogP contribution >= 0.6 is 0 Å². The van der Waals surface area contributed by atoms with E-state index < -0.39 is 0 Å². The first-order chi connectivity index (χ1) is 9.02. The summed E-state index contributed by atoms with van der Waals surface area (Å²) in [6.07, 6.45) is 6.69. The van der Waals surface area contributed by atoms with E-state index in [1.165, 1.54) is 43.2 Å². The number of nitrogens with one attached hydrogen (secondary N) is 1. The molecule has 1 aromatic rings. The molecule has 1 unspecified atom stereocenters. The smallest absolute Gasteiger partial charge is 0.0488 e. The quantitative estimate of drug-likeness (QED) is 0.635. The van der Waals surface area contributed by atoms with Crippen molar-refractivity contribution < 1.29 is 0 Å². The molecule has 0 bridgehead atoms. The van der Waals surface area contributed by atoms with E-state index in [9.17, 15) is 0 Å². The zero-order chi connectivity index (χ0) is 13.9. The minimum absolute atomic E-state index is 0.217. The summed E-state index contributed by atoms with van der Waals surface area (Å²) in [5.74, 6) is 6.50. The van der Waals surface area contributed by atoms with Gasteiger partial charge in [-0.15, -0.1) is 0 Å². The molecule has 0 amide bonds. The minimum atomic E-state index is 0.217. The number of benzene rings is 1. The lowest BCUT2D eigenvalue weighted by atomic mass is 9.80. The van der Waals surface area contributed by atoms with Gasteiger partial charge in [-0.05, 0) is 35.3 Å². The molecule has 0 aliphatic heterocycles. The molecule has 0 aromatic heterocycles. The normalized spacial score (nSPS) is 19.4. The Kier molecular flexibility index (Phi) is 4.64. The molecular weight excluding hydrogens is 232 g/mol. The SMILES string of the molecule is CC(C)(C)c1ccc(C(NN)C2CCCCC2)cc1. The summed E-state index contributed by atoms with van der Waals surface area (Å²) in [7, 11) is 0. The molecule has 0 saturated heterocycles. The van der Waals surface area contributed by atoms with Crippen LogP contribution in [-0.4, -0.2) is 0 Å². The second kappa shape index (κ2) is 6.06. The summed E-state index contributed by atoms with van der Waals surface area (Å²) in [4.78, 5) is 0. The maximum Gasteiger partial charge on any atom is 0.0488 e. The zero-order valence-corrected chi connectivity index (χ0v) is 12.6. The summed E-state index contributed by atoms with van der Waals surface area (Å²) < 4.78 is 0. The Bertz CT molecular complexity index is 383. The second-order valence-electron chi connectivity index (χ2n) is 6.91. The van der Waals surface area contributed by atoms with Crippen LogP contribution in [0.4, 0.5) is 0 Å². The van der Waals surface area contributed by atoms with Crippen LogP contribution in [0.25, 0.3) is 0 Å². The van der Waals surface area contributed by atoms with Gasteiger partial charge in [-0.3, -0.25) is 11.3 Å². The molecule has 19 heavy (non-hydrogen) atoms. The van der Waals surface area contributed by atoms with E-state index in [-0.39, 0.29) is 5.41 Å². The topological polar surface area (TPSA) is 38.0 Å². The molecule has 1 aromatic carbocycles. The van der Waals surface area contributed by atoms with Gasteiger partial charge in [0, 0.05) is 6.04 Å². The Hall–Kier alpha value is -0.860. The van der Waals surface area contributed by atoms with Crippen molar-refractivity contribution in [3.8, 4) is 0 Å². The van der Waals surface area contributed by atoms with Crippen LogP contribution in [0.2, 0.25) is 0 Å². The predicted octanol–water partition coefficient (Wildman–Crippen LogP) is 4.07. The van der Waals surface area contributed by atoms with Gasteiger partial charge in [0.15, 0.2) is 0 Å². The third-order valence-corrected chi connectivity index (χ3v) is 4.44. The molecular formula is C17H28N2. The fourth-order valence-electron chi connectivity index (χ4n) is 3.16. The van der Waals surface area contributed by atoms with Crippen molar-refractivity contribution in [2.24, 2.45) is 11.8 Å². The van der Waals surface area contributed by atoms with Crippen molar-refractivity contribution in [2.75, 3.05) is 0 Å². The summed E-state index contributed by atoms with van der Waals surface area (Å²) in [6, 6.07) is 9.32. The van der Waals surface area contributed by atoms with Gasteiger partial charge < -0.3 is 0 Å². The van der Waals surface area contributed by atoms with Crippen molar-refractivity contribution in [2.45, 2.75) is 64.3 Å². The van der Waals surface area contributed by atoms with Gasteiger partial charge in [0.25, 0.3) is 0 Å². The van der Waals surface area contributed by atoms with E-state index in [1.807, 2.05) is 0 Å². The summed E-state index contributed by atoms with van der Waals surface area (Å²) in [6.45, 7) is 6.76. The molecule has 1 atom stereocenters. The molecule has 0 spiro atoms. The van der Waals surface area contributed by atoms with Gasteiger partial charge in [0.2, 0.25) is 0 Å². The third-order valence-electron chi connectivity index (χ3n) is 4.44. The van der Waals surface area contributed by atoms with Crippen LogP contribution in [0, 0.1) is 5.92 Å². The molecule has 1 saturated carbocycles. The molecule has 2 heteroatoms. The summed E-state index contributed by atoms with van der Waals surface area (Å²) >= 11 is 0. The summed E-state index contributed by atoms with van der Waals surface area (Å²) in [5.41, 5.74) is 5.98. The van der Waals surface area contributed by atoms with Crippen molar-refractivity contribution in [3.05, 3.63) is 35.4 Å². The highest BCUT2D eigenvalue weighted by Crippen LogP contribution is 2.34. The van der Waals surface area contributed by atoms with E-state index in [4.69, 9.17) is 5.84 Å². The van der Waals surface area contributed by atoms with Crippen LogP contribution in [0.1, 0.15) is 70.0 Å². The van der Waals surface area contributed by atoms with Crippen LogP contribution in [0.15, 0.2) is 24.3 Å². The molecule has 0 radical (unpaired) electrons. The van der Waals surface area contributed by atoms with Gasteiger partial charge in [0.1, 0.15) is 0 Å². The first-order valence-corrected chi connectivity index (χ1v) is 7.59. The number of hydrogen-bond donors (Lipinski definition) is 2. The van der Waals surface area contributed by atoms with E-state index in [1.54, 1.807) is 0 Å². The van der Waals surface area contributed by atoms with Crippen LogP contribution in [0.3, 0.4) is 0 Å². The number of hydrogen-bond acceptors (Lipinski definition) is 2. The van der Waals surface area contributed by atoms with Crippen molar-refractivity contribution in [1.29, 1.82) is 0 Å². The molecule has 2 rings (SSSR count). The fraction of sp³-hybridized carbons (Fsp3) is 0.647. The van der Waals surface area contributed by atoms with Crippen LogP contribution in [-0.2, 0) is 5.41 Å². The van der Waals surface area contributed by atoms with Crippen molar-refractivity contribution in [3.63, 3.8) is 0 Å². The van der Waals surface area contributed by atoms with E-state index in [0.29, 0.717) is 12.0 Å². The first kappa shape index (κ1) is 14.5. The van der Waals surface area contributed by atoms with E-state index >= 15 is 0 Å². The van der Waals surface area contributed by atoms with Gasteiger partial charge in [-0.2, -0.15) is 0 Å². The van der Waals surface area contributed by atoms with E-state index in [0.717, 1.165) is 0 Å². The van der Waals surface area contributed by atoms with Crippen molar-refractivity contribution >= 4 is 0 Å². The fourth-order valence-corrected chi connectivity index (χ4v) is 3.16. The molecule has 3 N–H and O–H groups in total. The van der Waals surface area contributed by atoms with Gasteiger partial charge >= 0.3 is 0 Å². The molecule has 106 valence electrons. The van der Waals surface area contributed by atoms with Crippen LogP contribution in [0.5, 0.6) is 0 Å². The predicted molar refractivity (Wildman–Crippen MR) is 81.8 cm³/mol. The van der Waals surface area contributed by atoms with Gasteiger partial charge in [0.05, 0.1) is 0 Å². The Morgan fingerprint density at radius 2 is 1.63 bits per heavy atom. The van der Waals surface area contributed by atoms with Gasteiger partial charge in [-0.25, -0.2) is 0 Å². The number of rotatable bonds is 3. The average molecular weight is 260 g/mol. The van der Waals surface area contributed by atoms with Crippen LogP contribution < -0.4 is 11.3 Å². The molecule has 2 nitrogen and oxygen atoms in total. The minimum Gasteiger partial charge on any atom is -0.271 e. The first-order valence-electron chi connectivity index (χ1n) is 7.59. The molecule has 0 heterocycles. The van der Waals surface area contributed by atoms with Crippen molar-refractivity contribution in [1.82, 2.24) is 5.43 Å². The Morgan fingerprint density at radius 3 is 2.11 bits per heavy atom. The number of hydrazine groups is 1. The maximum atomic E-state index is 5.81. The third kappa shape index (κ3) is 3.58. The molecule has 1 aliphatic carbocycles. The molecule has 1 fully saturated rings. The highest BCUT2D eigenvalue weighted by Gasteiger charge is 2.24. The molecule has 1 aliphatic rings. The monoisotopic (exact) mass is 260 g/mol. The maximum absolute atomic E-state index is 5.81. The summed E-state index contributed by atoms with van der Waals surface area (Å²) in [5, 5.41) is 0. The zero-order valence-electron chi connectivity index (χ0n) is 12.6. The lowest BCUT2D eigenvalue weighted by molar-refractivity contribution is 0.273. The second-order valence-corrected chi connectivity index (χ2v) is 6.91. The Morgan fingerprint density at radius 1 is 1.05 bits per heavy atom. The Balaban J connectivity index is 2.14. The lowest BCUT2D eigenvalue weighted by Crippen LogP contribution is -2.34. The lowest BCUT2D eigenvalue weighted by Gasteiger charge is -2.30. The average Bonchev–Trinajstić information content (AvgIpc) is 2.40. The largest absolute Gasteiger partial charge is 0.271 e. The number of nitrogens with two attached hydrogens (primary N) is 1. The van der Waals surface area contributed by atoms with E-state index in [2.05, 4.69) is 50.5 Å². The standard InChI is InChI=1S/C17H28N2/c1-17(2,3)15-11-9-14(10-12-15)16(19-18)13-7-5-4-6-8-13/h9-13,16,19H,4-8,18H2,1-3H3. The van der Waals surface area contributed by atoms with Gasteiger partial charge in [-0.1, -0.05) is 64.3 Å².